The first-order valence-electron chi connectivity index (χ1n) is 4.89. The summed E-state index contributed by atoms with van der Waals surface area (Å²) < 4.78 is 13.1. The Morgan fingerprint density at radius 3 is 2.93 bits per heavy atom. The first-order valence-corrected chi connectivity index (χ1v) is 4.89. The summed E-state index contributed by atoms with van der Waals surface area (Å²) in [5.74, 6) is -0.895. The third kappa shape index (κ3) is 1.66. The maximum atomic E-state index is 13.1. The van der Waals surface area contributed by atoms with Gasteiger partial charge < -0.3 is 10.4 Å². The van der Waals surface area contributed by atoms with Crippen LogP contribution in [0.4, 0.5) is 4.39 Å². The fourth-order valence-corrected chi connectivity index (χ4v) is 1.92. The van der Waals surface area contributed by atoms with E-state index >= 15 is 0 Å². The lowest BCUT2D eigenvalue weighted by Gasteiger charge is -2.13. The molecule has 1 aromatic rings. The van der Waals surface area contributed by atoms with E-state index in [4.69, 9.17) is 5.26 Å². The van der Waals surface area contributed by atoms with Crippen molar-refractivity contribution in [2.75, 3.05) is 6.54 Å². The normalized spacial score (nSPS) is 20.1. The second-order valence-corrected chi connectivity index (χ2v) is 3.62. The number of phenols is 1. The van der Waals surface area contributed by atoms with Gasteiger partial charge in [-0.2, -0.15) is 5.26 Å². The Bertz CT molecular complexity index is 419. The third-order valence-electron chi connectivity index (χ3n) is 2.71. The molecule has 1 heterocycles. The van der Waals surface area contributed by atoms with E-state index in [1.54, 1.807) is 6.07 Å². The van der Waals surface area contributed by atoms with Crippen molar-refractivity contribution in [2.24, 2.45) is 0 Å². The standard InChI is InChI=1S/C11H11FN2O/c12-9-4-3-7(10-2-1-5-14-10)11(15)8(9)6-13/h3-4,10,14-15H,1-2,5H2/t10-/m0/s1. The summed E-state index contributed by atoms with van der Waals surface area (Å²) in [5.41, 5.74) is 0.353. The maximum absolute atomic E-state index is 13.1. The van der Waals surface area contributed by atoms with Crippen LogP contribution in [0, 0.1) is 17.1 Å². The summed E-state index contributed by atoms with van der Waals surface area (Å²) in [7, 11) is 0. The lowest BCUT2D eigenvalue weighted by molar-refractivity contribution is 0.448. The van der Waals surface area contributed by atoms with Gasteiger partial charge in [-0.3, -0.25) is 0 Å². The minimum atomic E-state index is -0.670. The second-order valence-electron chi connectivity index (χ2n) is 3.62. The number of nitriles is 1. The number of nitrogens with one attached hydrogen (secondary N) is 1. The van der Waals surface area contributed by atoms with Crippen molar-refractivity contribution in [1.82, 2.24) is 5.32 Å². The van der Waals surface area contributed by atoms with Crippen LogP contribution in [0.15, 0.2) is 12.1 Å². The lowest BCUT2D eigenvalue weighted by Crippen LogP contribution is -2.13. The number of hydrogen-bond donors (Lipinski definition) is 2. The van der Waals surface area contributed by atoms with Crippen LogP contribution in [0.1, 0.15) is 30.0 Å². The fourth-order valence-electron chi connectivity index (χ4n) is 1.92. The first kappa shape index (κ1) is 9.94. The van der Waals surface area contributed by atoms with Gasteiger partial charge in [0.1, 0.15) is 23.2 Å². The van der Waals surface area contributed by atoms with E-state index in [1.807, 2.05) is 0 Å². The van der Waals surface area contributed by atoms with Crippen LogP contribution < -0.4 is 5.32 Å². The van der Waals surface area contributed by atoms with Crippen molar-refractivity contribution in [3.63, 3.8) is 0 Å². The third-order valence-corrected chi connectivity index (χ3v) is 2.71. The van der Waals surface area contributed by atoms with Crippen molar-refractivity contribution in [2.45, 2.75) is 18.9 Å². The van der Waals surface area contributed by atoms with Gasteiger partial charge in [0.15, 0.2) is 0 Å². The molecule has 1 aliphatic rings. The molecule has 0 saturated carbocycles. The highest BCUT2D eigenvalue weighted by molar-refractivity contribution is 5.49. The number of hydrogen-bond acceptors (Lipinski definition) is 3. The number of nitrogens with zero attached hydrogens (tertiary/aromatic N) is 1. The van der Waals surface area contributed by atoms with Gasteiger partial charge in [0.2, 0.25) is 0 Å². The maximum Gasteiger partial charge on any atom is 0.144 e. The summed E-state index contributed by atoms with van der Waals surface area (Å²) in [5, 5.41) is 21.6. The molecule has 0 radical (unpaired) electrons. The van der Waals surface area contributed by atoms with E-state index in [0.717, 1.165) is 19.4 Å². The van der Waals surface area contributed by atoms with Crippen LogP contribution in [-0.4, -0.2) is 11.7 Å². The molecule has 2 N–H and O–H groups in total. The topological polar surface area (TPSA) is 56.0 Å². The van der Waals surface area contributed by atoms with Gasteiger partial charge in [-0.25, -0.2) is 4.39 Å². The highest BCUT2D eigenvalue weighted by atomic mass is 19.1. The molecule has 4 heteroatoms. The number of halogens is 1. The molecule has 3 nitrogen and oxygen atoms in total. The summed E-state index contributed by atoms with van der Waals surface area (Å²) in [6.45, 7) is 0.892. The molecule has 2 rings (SSSR count). The molecule has 1 fully saturated rings. The Hall–Kier alpha value is -1.60. The van der Waals surface area contributed by atoms with E-state index in [0.29, 0.717) is 5.56 Å². The van der Waals surface area contributed by atoms with Gasteiger partial charge >= 0.3 is 0 Å². The SMILES string of the molecule is N#Cc1c(F)ccc([C@@H]2CCCN2)c1O. The average molecular weight is 206 g/mol. The minimum Gasteiger partial charge on any atom is -0.506 e. The monoisotopic (exact) mass is 206 g/mol. The molecule has 1 aromatic carbocycles. The molecule has 78 valence electrons. The Balaban J connectivity index is 2.45. The van der Waals surface area contributed by atoms with Gasteiger partial charge in [-0.1, -0.05) is 6.07 Å². The van der Waals surface area contributed by atoms with Crippen molar-refractivity contribution in [3.8, 4) is 11.8 Å². The average Bonchev–Trinajstić information content (AvgIpc) is 2.71. The van der Waals surface area contributed by atoms with Crippen molar-refractivity contribution >= 4 is 0 Å². The zero-order chi connectivity index (χ0) is 10.8. The summed E-state index contributed by atoms with van der Waals surface area (Å²) >= 11 is 0. The van der Waals surface area contributed by atoms with Crippen molar-refractivity contribution in [1.29, 1.82) is 5.26 Å². The number of phenolic OH excluding ortho intramolecular Hbond substituents is 1. The summed E-state index contributed by atoms with van der Waals surface area (Å²) in [4.78, 5) is 0. The lowest BCUT2D eigenvalue weighted by atomic mass is 10.0. The van der Waals surface area contributed by atoms with Gasteiger partial charge in [-0.15, -0.1) is 0 Å². The van der Waals surface area contributed by atoms with Crippen LogP contribution in [0.25, 0.3) is 0 Å². The van der Waals surface area contributed by atoms with Crippen molar-refractivity contribution in [3.05, 3.63) is 29.1 Å². The predicted octanol–water partition coefficient (Wildman–Crippen LogP) is 1.83. The molecule has 1 aliphatic heterocycles. The molecule has 0 aromatic heterocycles. The molecule has 0 unspecified atom stereocenters. The molecule has 1 saturated heterocycles. The summed E-state index contributed by atoms with van der Waals surface area (Å²) in [6, 6.07) is 4.48. The molecule has 0 spiro atoms. The Kier molecular flexibility index (Phi) is 2.57. The van der Waals surface area contributed by atoms with Gasteiger partial charge in [0, 0.05) is 11.6 Å². The molecule has 0 aliphatic carbocycles. The largest absolute Gasteiger partial charge is 0.506 e. The van der Waals surface area contributed by atoms with Crippen LogP contribution in [0.5, 0.6) is 5.75 Å². The smallest absolute Gasteiger partial charge is 0.144 e. The van der Waals surface area contributed by atoms with E-state index < -0.39 is 5.82 Å². The van der Waals surface area contributed by atoms with E-state index in [9.17, 15) is 9.50 Å². The summed E-state index contributed by atoms with van der Waals surface area (Å²) in [6.07, 6.45) is 1.94. The number of aromatic hydroxyl groups is 1. The Morgan fingerprint density at radius 1 is 1.53 bits per heavy atom. The second kappa shape index (κ2) is 3.87. The van der Waals surface area contributed by atoms with Crippen LogP contribution in [-0.2, 0) is 0 Å². The molecular weight excluding hydrogens is 195 g/mol. The molecule has 0 bridgehead atoms. The molecule has 0 amide bonds. The first-order chi connectivity index (χ1) is 7.24. The Morgan fingerprint density at radius 2 is 2.33 bits per heavy atom. The highest BCUT2D eigenvalue weighted by Gasteiger charge is 2.22. The van der Waals surface area contributed by atoms with E-state index in [2.05, 4.69) is 5.32 Å². The minimum absolute atomic E-state index is 0.0395. The van der Waals surface area contributed by atoms with Crippen LogP contribution in [0.3, 0.4) is 0 Å². The highest BCUT2D eigenvalue weighted by Crippen LogP contribution is 2.33. The predicted molar refractivity (Wildman–Crippen MR) is 52.8 cm³/mol. The molecule has 15 heavy (non-hydrogen) atoms. The van der Waals surface area contributed by atoms with E-state index in [-0.39, 0.29) is 17.4 Å². The Labute approximate surface area is 87.2 Å². The zero-order valence-corrected chi connectivity index (χ0v) is 8.13. The zero-order valence-electron chi connectivity index (χ0n) is 8.13. The van der Waals surface area contributed by atoms with Crippen LogP contribution >= 0.6 is 0 Å². The van der Waals surface area contributed by atoms with E-state index in [1.165, 1.54) is 12.1 Å². The van der Waals surface area contributed by atoms with Gasteiger partial charge in [0.05, 0.1) is 0 Å². The molecule has 1 atom stereocenters. The molecular formula is C11H11FN2O. The van der Waals surface area contributed by atoms with Crippen LogP contribution in [0.2, 0.25) is 0 Å². The van der Waals surface area contributed by atoms with Gasteiger partial charge in [-0.05, 0) is 25.5 Å². The fraction of sp³-hybridized carbons (Fsp3) is 0.364. The quantitative estimate of drug-likeness (QED) is 0.737. The van der Waals surface area contributed by atoms with Gasteiger partial charge in [0.25, 0.3) is 0 Å². The number of rotatable bonds is 1. The number of benzene rings is 1. The van der Waals surface area contributed by atoms with Crippen molar-refractivity contribution < 1.29 is 9.50 Å².